The second kappa shape index (κ2) is 7.42. The van der Waals surface area contributed by atoms with Gasteiger partial charge in [0.1, 0.15) is 22.7 Å². The van der Waals surface area contributed by atoms with Crippen LogP contribution in [0.1, 0.15) is 24.2 Å². The number of rotatable bonds is 6. The summed E-state index contributed by atoms with van der Waals surface area (Å²) in [5.41, 5.74) is -0.245. The maximum absolute atomic E-state index is 14.4. The predicted molar refractivity (Wildman–Crippen MR) is 87.7 cm³/mol. The van der Waals surface area contributed by atoms with E-state index in [1.54, 1.807) is 6.92 Å². The minimum atomic E-state index is -1.05. The van der Waals surface area contributed by atoms with E-state index >= 15 is 0 Å². The molecule has 1 aromatic carbocycles. The maximum Gasteiger partial charge on any atom is 0.341 e. The normalized spacial score (nSPS) is 12.0. The van der Waals surface area contributed by atoms with E-state index < -0.39 is 29.5 Å². The van der Waals surface area contributed by atoms with Crippen LogP contribution in [0.4, 0.5) is 14.5 Å². The number of anilines is 1. The molecule has 1 N–H and O–H groups in total. The summed E-state index contributed by atoms with van der Waals surface area (Å²) in [6.07, 6.45) is 1.11. The van der Waals surface area contributed by atoms with Crippen molar-refractivity contribution < 1.29 is 28.2 Å². The first-order valence-corrected chi connectivity index (χ1v) is 7.65. The summed E-state index contributed by atoms with van der Waals surface area (Å²) >= 11 is 0. The lowest BCUT2D eigenvalue weighted by molar-refractivity contribution is -0.140. The SMILES string of the molecule is CCOC(=O)c1cnc2c(F)ccc(F)c2c1N(C)CC(C)C(=O)O. The molecular formula is C17H18F2N2O4. The number of halogens is 2. The average Bonchev–Trinajstić information content (AvgIpc) is 2.57. The molecule has 0 amide bonds. The van der Waals surface area contributed by atoms with Gasteiger partial charge in [-0.2, -0.15) is 0 Å². The molecule has 0 saturated heterocycles. The first kappa shape index (κ1) is 18.6. The third-order valence-electron chi connectivity index (χ3n) is 3.74. The molecule has 1 aromatic heterocycles. The molecule has 8 heteroatoms. The fourth-order valence-electron chi connectivity index (χ4n) is 2.55. The van der Waals surface area contributed by atoms with Crippen LogP contribution in [0, 0.1) is 17.6 Å². The summed E-state index contributed by atoms with van der Waals surface area (Å²) < 4.78 is 33.4. The third kappa shape index (κ3) is 3.67. The monoisotopic (exact) mass is 352 g/mol. The number of pyridine rings is 1. The number of aromatic nitrogens is 1. The Bertz CT molecular complexity index is 826. The molecule has 0 aliphatic rings. The fraction of sp³-hybridized carbons (Fsp3) is 0.353. The van der Waals surface area contributed by atoms with E-state index in [9.17, 15) is 18.4 Å². The summed E-state index contributed by atoms with van der Waals surface area (Å²) in [6.45, 7) is 3.17. The number of aliphatic carboxylic acids is 1. The predicted octanol–water partition coefficient (Wildman–Crippen LogP) is 2.85. The van der Waals surface area contributed by atoms with E-state index in [4.69, 9.17) is 9.84 Å². The van der Waals surface area contributed by atoms with Crippen molar-refractivity contribution in [2.45, 2.75) is 13.8 Å². The van der Waals surface area contributed by atoms with Crippen molar-refractivity contribution in [1.82, 2.24) is 4.98 Å². The smallest absolute Gasteiger partial charge is 0.341 e. The lowest BCUT2D eigenvalue weighted by atomic mass is 10.1. The van der Waals surface area contributed by atoms with Gasteiger partial charge in [-0.3, -0.25) is 9.78 Å². The van der Waals surface area contributed by atoms with Crippen molar-refractivity contribution in [2.75, 3.05) is 25.1 Å². The summed E-state index contributed by atoms with van der Waals surface area (Å²) in [6, 6.07) is 1.88. The largest absolute Gasteiger partial charge is 0.481 e. The lowest BCUT2D eigenvalue weighted by Gasteiger charge is -2.25. The van der Waals surface area contributed by atoms with Gasteiger partial charge in [0, 0.05) is 19.8 Å². The van der Waals surface area contributed by atoms with Crippen molar-refractivity contribution in [3.63, 3.8) is 0 Å². The Balaban J connectivity index is 2.70. The van der Waals surface area contributed by atoms with Crippen LogP contribution in [0.3, 0.4) is 0 Å². The summed E-state index contributed by atoms with van der Waals surface area (Å²) in [4.78, 5) is 28.6. The minimum Gasteiger partial charge on any atom is -0.481 e. The molecule has 0 radical (unpaired) electrons. The Labute approximate surface area is 143 Å². The molecule has 1 heterocycles. The second-order valence-corrected chi connectivity index (χ2v) is 5.61. The molecule has 2 rings (SSSR count). The van der Waals surface area contributed by atoms with E-state index in [1.165, 1.54) is 18.9 Å². The number of nitrogens with zero attached hydrogens (tertiary/aromatic N) is 2. The van der Waals surface area contributed by atoms with Gasteiger partial charge in [-0.05, 0) is 19.1 Å². The van der Waals surface area contributed by atoms with E-state index in [2.05, 4.69) is 4.98 Å². The molecular weight excluding hydrogens is 334 g/mol. The zero-order valence-electron chi connectivity index (χ0n) is 14.0. The van der Waals surface area contributed by atoms with Crippen molar-refractivity contribution in [3.8, 4) is 0 Å². The Morgan fingerprint density at radius 1 is 1.32 bits per heavy atom. The van der Waals surface area contributed by atoms with Crippen molar-refractivity contribution in [2.24, 2.45) is 5.92 Å². The van der Waals surface area contributed by atoms with Gasteiger partial charge >= 0.3 is 11.9 Å². The van der Waals surface area contributed by atoms with E-state index in [0.717, 1.165) is 18.3 Å². The van der Waals surface area contributed by atoms with E-state index in [0.29, 0.717) is 0 Å². The summed E-state index contributed by atoms with van der Waals surface area (Å²) in [7, 11) is 1.50. The number of esters is 1. The number of carboxylic acids is 1. The number of fused-ring (bicyclic) bond motifs is 1. The molecule has 25 heavy (non-hydrogen) atoms. The fourth-order valence-corrected chi connectivity index (χ4v) is 2.55. The van der Waals surface area contributed by atoms with Crippen LogP contribution < -0.4 is 4.90 Å². The number of carbonyl (C=O) groups is 2. The van der Waals surface area contributed by atoms with E-state index in [-0.39, 0.29) is 35.3 Å². The number of carboxylic acid groups (broad SMARTS) is 1. The summed E-state index contributed by atoms with van der Waals surface area (Å²) in [5.74, 6) is -4.09. The minimum absolute atomic E-state index is 0.0171. The van der Waals surface area contributed by atoms with Crippen LogP contribution >= 0.6 is 0 Å². The van der Waals surface area contributed by atoms with Crippen molar-refractivity contribution in [3.05, 3.63) is 35.5 Å². The topological polar surface area (TPSA) is 79.7 Å². The maximum atomic E-state index is 14.4. The molecule has 0 aliphatic carbocycles. The molecule has 1 unspecified atom stereocenters. The van der Waals surface area contributed by atoms with Crippen LogP contribution in [-0.4, -0.2) is 42.2 Å². The van der Waals surface area contributed by atoms with Gasteiger partial charge in [0.15, 0.2) is 0 Å². The van der Waals surface area contributed by atoms with Crippen LogP contribution in [0.15, 0.2) is 18.3 Å². The molecule has 1 atom stereocenters. The molecule has 6 nitrogen and oxygen atoms in total. The standard InChI is InChI=1S/C17H18F2N2O4/c1-4-25-17(24)10-7-20-14-12(19)6-5-11(18)13(14)15(10)21(3)8-9(2)16(22)23/h5-7,9H,4,8H2,1-3H3,(H,22,23). The van der Waals surface area contributed by atoms with Gasteiger partial charge in [-0.15, -0.1) is 0 Å². The van der Waals surface area contributed by atoms with Crippen LogP contribution in [0.25, 0.3) is 10.9 Å². The van der Waals surface area contributed by atoms with Crippen LogP contribution in [-0.2, 0) is 9.53 Å². The summed E-state index contributed by atoms with van der Waals surface area (Å²) in [5, 5.41) is 8.90. The van der Waals surface area contributed by atoms with Gasteiger partial charge in [0.25, 0.3) is 0 Å². The van der Waals surface area contributed by atoms with E-state index in [1.807, 2.05) is 0 Å². The Morgan fingerprint density at radius 2 is 1.96 bits per heavy atom. The number of carbonyl (C=O) groups excluding carboxylic acids is 1. The quantitative estimate of drug-likeness (QED) is 0.806. The first-order valence-electron chi connectivity index (χ1n) is 7.65. The molecule has 0 bridgehead atoms. The highest BCUT2D eigenvalue weighted by atomic mass is 19.1. The van der Waals surface area contributed by atoms with Gasteiger partial charge in [0.2, 0.25) is 0 Å². The molecule has 0 fully saturated rings. The van der Waals surface area contributed by atoms with Crippen molar-refractivity contribution in [1.29, 1.82) is 0 Å². The van der Waals surface area contributed by atoms with Gasteiger partial charge < -0.3 is 14.7 Å². The van der Waals surface area contributed by atoms with Crippen molar-refractivity contribution >= 4 is 28.5 Å². The zero-order valence-corrected chi connectivity index (χ0v) is 14.0. The molecule has 2 aromatic rings. The second-order valence-electron chi connectivity index (χ2n) is 5.61. The third-order valence-corrected chi connectivity index (χ3v) is 3.74. The molecule has 0 spiro atoms. The first-order chi connectivity index (χ1) is 11.8. The Hall–Kier alpha value is -2.77. The molecule has 0 saturated carbocycles. The number of ether oxygens (including phenoxy) is 1. The van der Waals surface area contributed by atoms with Crippen LogP contribution in [0.2, 0.25) is 0 Å². The highest BCUT2D eigenvalue weighted by Gasteiger charge is 2.25. The van der Waals surface area contributed by atoms with Gasteiger partial charge in [-0.1, -0.05) is 6.92 Å². The zero-order chi connectivity index (χ0) is 18.7. The van der Waals surface area contributed by atoms with Crippen LogP contribution in [0.5, 0.6) is 0 Å². The Morgan fingerprint density at radius 3 is 2.56 bits per heavy atom. The highest BCUT2D eigenvalue weighted by Crippen LogP contribution is 2.33. The highest BCUT2D eigenvalue weighted by molar-refractivity contribution is 6.05. The Kier molecular flexibility index (Phi) is 5.51. The number of hydrogen-bond donors (Lipinski definition) is 1. The molecule has 134 valence electrons. The van der Waals surface area contributed by atoms with Gasteiger partial charge in [0.05, 0.1) is 23.6 Å². The van der Waals surface area contributed by atoms with Gasteiger partial charge in [-0.25, -0.2) is 13.6 Å². The number of hydrogen-bond acceptors (Lipinski definition) is 5. The number of benzene rings is 1. The molecule has 0 aliphatic heterocycles. The average molecular weight is 352 g/mol. The lowest BCUT2D eigenvalue weighted by Crippen LogP contribution is -2.30.